The van der Waals surface area contributed by atoms with E-state index >= 15 is 0 Å². The summed E-state index contributed by atoms with van der Waals surface area (Å²) in [6.07, 6.45) is -0.218. The minimum atomic E-state index is -1.45. The average molecular weight is 406 g/mol. The monoisotopic (exact) mass is 406 g/mol. The molecule has 11 nitrogen and oxygen atoms in total. The highest BCUT2D eigenvalue weighted by molar-refractivity contribution is 7.80. The summed E-state index contributed by atoms with van der Waals surface area (Å²) in [5.74, 6) is -5.55. The summed E-state index contributed by atoms with van der Waals surface area (Å²) in [5, 5.41) is 24.8. The van der Waals surface area contributed by atoms with Crippen LogP contribution in [-0.4, -0.2) is 70.3 Å². The molecule has 4 atom stereocenters. The molecule has 0 heterocycles. The van der Waals surface area contributed by atoms with Crippen molar-refractivity contribution in [1.82, 2.24) is 16.0 Å². The maximum Gasteiger partial charge on any atom is 0.326 e. The number of carbonyl (C=O) groups excluding carboxylic acids is 3. The van der Waals surface area contributed by atoms with E-state index in [1.54, 1.807) is 13.8 Å². The van der Waals surface area contributed by atoms with Crippen molar-refractivity contribution in [2.75, 3.05) is 12.3 Å². The molecule has 0 aliphatic heterocycles. The molecule has 0 aromatic carbocycles. The molecule has 0 spiro atoms. The van der Waals surface area contributed by atoms with Gasteiger partial charge in [-0.15, -0.1) is 0 Å². The maximum atomic E-state index is 12.3. The van der Waals surface area contributed by atoms with Crippen LogP contribution in [0.1, 0.15) is 26.7 Å². The van der Waals surface area contributed by atoms with Crippen LogP contribution in [0.2, 0.25) is 0 Å². The topological polar surface area (TPSA) is 188 Å². The minimum Gasteiger partial charge on any atom is -0.481 e. The summed E-state index contributed by atoms with van der Waals surface area (Å²) in [4.78, 5) is 58.1. The first-order chi connectivity index (χ1) is 12.6. The van der Waals surface area contributed by atoms with Crippen LogP contribution in [0.4, 0.5) is 0 Å². The highest BCUT2D eigenvalue weighted by Crippen LogP contribution is 2.08. The number of rotatable bonds is 12. The SMILES string of the molecule is CCC(C)C(NC(=O)C(CS)NC(=O)C(CC(=O)O)NC(=O)CN)C(=O)O. The van der Waals surface area contributed by atoms with Crippen LogP contribution in [-0.2, 0) is 24.0 Å². The zero-order valence-electron chi connectivity index (χ0n) is 15.1. The van der Waals surface area contributed by atoms with Gasteiger partial charge in [0.05, 0.1) is 13.0 Å². The van der Waals surface area contributed by atoms with Crippen LogP contribution >= 0.6 is 12.6 Å². The molecule has 3 amide bonds. The Morgan fingerprint density at radius 1 is 1.00 bits per heavy atom. The van der Waals surface area contributed by atoms with E-state index in [2.05, 4.69) is 28.6 Å². The zero-order chi connectivity index (χ0) is 21.1. The number of hydrogen-bond acceptors (Lipinski definition) is 7. The average Bonchev–Trinajstić information content (AvgIpc) is 2.61. The molecule has 0 radical (unpaired) electrons. The van der Waals surface area contributed by atoms with Crippen molar-refractivity contribution in [3.63, 3.8) is 0 Å². The molecule has 12 heteroatoms. The van der Waals surface area contributed by atoms with Crippen LogP contribution < -0.4 is 21.7 Å². The van der Waals surface area contributed by atoms with Crippen LogP contribution in [0.25, 0.3) is 0 Å². The van der Waals surface area contributed by atoms with Crippen molar-refractivity contribution in [3.05, 3.63) is 0 Å². The second-order valence-corrected chi connectivity index (χ2v) is 6.24. The number of carbonyl (C=O) groups is 5. The minimum absolute atomic E-state index is 0.172. The van der Waals surface area contributed by atoms with Crippen LogP contribution in [0, 0.1) is 5.92 Å². The first kappa shape index (κ1) is 24.7. The van der Waals surface area contributed by atoms with E-state index in [0.29, 0.717) is 6.42 Å². The fraction of sp³-hybridized carbons (Fsp3) is 0.667. The Hall–Kier alpha value is -2.34. The van der Waals surface area contributed by atoms with Crippen molar-refractivity contribution >= 4 is 42.3 Å². The van der Waals surface area contributed by atoms with Crippen molar-refractivity contribution in [2.24, 2.45) is 11.7 Å². The first-order valence-corrected chi connectivity index (χ1v) is 8.86. The molecule has 7 N–H and O–H groups in total. The molecule has 0 aliphatic carbocycles. The van der Waals surface area contributed by atoms with Gasteiger partial charge in [-0.1, -0.05) is 20.3 Å². The molecular weight excluding hydrogens is 380 g/mol. The number of carboxylic acid groups (broad SMARTS) is 2. The summed E-state index contributed by atoms with van der Waals surface area (Å²) in [6, 6.07) is -3.83. The Kier molecular flexibility index (Phi) is 11.1. The van der Waals surface area contributed by atoms with E-state index in [9.17, 15) is 29.1 Å². The van der Waals surface area contributed by atoms with E-state index in [1.165, 1.54) is 0 Å². The molecule has 0 fully saturated rings. The van der Waals surface area contributed by atoms with Gasteiger partial charge in [0.1, 0.15) is 18.1 Å². The van der Waals surface area contributed by atoms with E-state index in [0.717, 1.165) is 0 Å². The van der Waals surface area contributed by atoms with Gasteiger partial charge in [0.15, 0.2) is 0 Å². The molecule has 4 unspecified atom stereocenters. The predicted molar refractivity (Wildman–Crippen MR) is 98.0 cm³/mol. The lowest BCUT2D eigenvalue weighted by Gasteiger charge is -2.25. The van der Waals surface area contributed by atoms with Crippen LogP contribution in [0.15, 0.2) is 0 Å². The van der Waals surface area contributed by atoms with Gasteiger partial charge in [0.25, 0.3) is 0 Å². The zero-order valence-corrected chi connectivity index (χ0v) is 16.0. The summed E-state index contributed by atoms with van der Waals surface area (Å²) in [5.41, 5.74) is 5.13. The maximum absolute atomic E-state index is 12.3. The third-order valence-corrected chi connectivity index (χ3v) is 4.17. The van der Waals surface area contributed by atoms with Gasteiger partial charge in [0, 0.05) is 5.75 Å². The predicted octanol–water partition coefficient (Wildman–Crippen LogP) is -2.07. The molecular formula is C15H26N4O7S. The summed E-state index contributed by atoms with van der Waals surface area (Å²) < 4.78 is 0. The number of hydrogen-bond donors (Lipinski definition) is 7. The third-order valence-electron chi connectivity index (χ3n) is 3.81. The second kappa shape index (κ2) is 12.1. The quantitative estimate of drug-likeness (QED) is 0.180. The fourth-order valence-corrected chi connectivity index (χ4v) is 2.30. The van der Waals surface area contributed by atoms with Gasteiger partial charge in [-0.2, -0.15) is 12.6 Å². The van der Waals surface area contributed by atoms with Gasteiger partial charge in [-0.05, 0) is 5.92 Å². The van der Waals surface area contributed by atoms with E-state index in [1.807, 2.05) is 0 Å². The standard InChI is InChI=1S/C15H26N4O7S/c1-3-7(2)12(15(25)26)19-14(24)9(6-27)18-13(23)8(4-11(21)22)17-10(20)5-16/h7-9,12,27H,3-6,16H2,1-2H3,(H,17,20)(H,18,23)(H,19,24)(H,21,22)(H,25,26). The fourth-order valence-electron chi connectivity index (χ4n) is 2.04. The van der Waals surface area contributed by atoms with Crippen molar-refractivity contribution in [1.29, 1.82) is 0 Å². The Bertz CT molecular complexity index is 572. The molecule has 0 aliphatic rings. The van der Waals surface area contributed by atoms with Crippen LogP contribution in [0.3, 0.4) is 0 Å². The summed E-state index contributed by atoms with van der Waals surface area (Å²) >= 11 is 3.96. The molecule has 154 valence electrons. The Morgan fingerprint density at radius 3 is 1.96 bits per heavy atom. The van der Waals surface area contributed by atoms with E-state index < -0.39 is 60.8 Å². The molecule has 0 rings (SSSR count). The molecule has 0 saturated heterocycles. The number of nitrogens with two attached hydrogens (primary N) is 1. The van der Waals surface area contributed by atoms with Gasteiger partial charge < -0.3 is 31.9 Å². The summed E-state index contributed by atoms with van der Waals surface area (Å²) in [6.45, 7) is 2.97. The Labute approximate surface area is 161 Å². The normalized spacial score (nSPS) is 15.0. The smallest absolute Gasteiger partial charge is 0.326 e. The third kappa shape index (κ3) is 8.73. The van der Waals surface area contributed by atoms with Gasteiger partial charge >= 0.3 is 11.9 Å². The highest BCUT2D eigenvalue weighted by atomic mass is 32.1. The van der Waals surface area contributed by atoms with E-state index in [-0.39, 0.29) is 11.7 Å². The lowest BCUT2D eigenvalue weighted by molar-refractivity contribution is -0.144. The van der Waals surface area contributed by atoms with Gasteiger partial charge in [0.2, 0.25) is 17.7 Å². The molecule has 27 heavy (non-hydrogen) atoms. The Morgan fingerprint density at radius 2 is 1.56 bits per heavy atom. The van der Waals surface area contributed by atoms with E-state index in [4.69, 9.17) is 10.8 Å². The Balaban J connectivity index is 5.15. The molecule has 0 bridgehead atoms. The number of aliphatic carboxylic acids is 2. The first-order valence-electron chi connectivity index (χ1n) is 8.22. The highest BCUT2D eigenvalue weighted by Gasteiger charge is 2.31. The van der Waals surface area contributed by atoms with Gasteiger partial charge in [-0.25, -0.2) is 4.79 Å². The lowest BCUT2D eigenvalue weighted by Crippen LogP contribution is -2.57. The summed E-state index contributed by atoms with van der Waals surface area (Å²) in [7, 11) is 0. The largest absolute Gasteiger partial charge is 0.481 e. The van der Waals surface area contributed by atoms with Crippen molar-refractivity contribution in [2.45, 2.75) is 44.8 Å². The number of thiol groups is 1. The number of nitrogens with one attached hydrogen (secondary N) is 3. The molecule has 0 aromatic heterocycles. The number of amides is 3. The lowest BCUT2D eigenvalue weighted by atomic mass is 9.99. The number of carboxylic acids is 2. The van der Waals surface area contributed by atoms with Crippen LogP contribution in [0.5, 0.6) is 0 Å². The van der Waals surface area contributed by atoms with Gasteiger partial charge in [-0.3, -0.25) is 19.2 Å². The van der Waals surface area contributed by atoms with Crippen molar-refractivity contribution < 1.29 is 34.2 Å². The second-order valence-electron chi connectivity index (χ2n) is 5.88. The molecule has 0 aromatic rings. The van der Waals surface area contributed by atoms with Crippen molar-refractivity contribution in [3.8, 4) is 0 Å². The molecule has 0 saturated carbocycles.